The van der Waals surface area contributed by atoms with Gasteiger partial charge in [0, 0.05) is 23.6 Å². The van der Waals surface area contributed by atoms with Crippen LogP contribution < -0.4 is 4.90 Å². The van der Waals surface area contributed by atoms with Crippen molar-refractivity contribution in [1.82, 2.24) is 9.97 Å². The standard InChI is InChI=1S/C21H19N3O3/c1-21(2)16-6-5-13(8-17(16)24(20(21)25)15-11-26-12-15)18-10-23-19(27-18)14-4-3-7-22-9-14/h3-10,15H,11-12H2,1-2H3. The van der Waals surface area contributed by atoms with Crippen LogP contribution in [0.4, 0.5) is 5.69 Å². The predicted octanol–water partition coefficient (Wildman–Crippen LogP) is 3.43. The minimum Gasteiger partial charge on any atom is -0.436 e. The van der Waals surface area contributed by atoms with Crippen LogP contribution in [-0.2, 0) is 14.9 Å². The van der Waals surface area contributed by atoms with Gasteiger partial charge in [0.1, 0.15) is 0 Å². The Morgan fingerprint density at radius 1 is 1.15 bits per heavy atom. The van der Waals surface area contributed by atoms with Gasteiger partial charge in [-0.05, 0) is 37.6 Å². The maximum absolute atomic E-state index is 13.0. The first-order valence-electron chi connectivity index (χ1n) is 8.98. The number of amides is 1. The van der Waals surface area contributed by atoms with Gasteiger partial charge in [-0.15, -0.1) is 0 Å². The van der Waals surface area contributed by atoms with E-state index in [0.29, 0.717) is 24.9 Å². The highest BCUT2D eigenvalue weighted by molar-refractivity contribution is 6.08. The molecule has 2 aliphatic rings. The summed E-state index contributed by atoms with van der Waals surface area (Å²) in [5, 5.41) is 0. The van der Waals surface area contributed by atoms with E-state index < -0.39 is 5.41 Å². The summed E-state index contributed by atoms with van der Waals surface area (Å²) in [5.74, 6) is 1.31. The van der Waals surface area contributed by atoms with Crippen LogP contribution in [0.1, 0.15) is 19.4 Å². The minimum absolute atomic E-state index is 0.106. The van der Waals surface area contributed by atoms with Gasteiger partial charge in [0.15, 0.2) is 5.76 Å². The Morgan fingerprint density at radius 3 is 2.70 bits per heavy atom. The molecular weight excluding hydrogens is 342 g/mol. The van der Waals surface area contributed by atoms with Gasteiger partial charge >= 0.3 is 0 Å². The second-order valence-electron chi connectivity index (χ2n) is 7.49. The molecule has 0 atom stereocenters. The van der Waals surface area contributed by atoms with Crippen LogP contribution in [-0.4, -0.2) is 35.1 Å². The van der Waals surface area contributed by atoms with E-state index in [9.17, 15) is 4.79 Å². The van der Waals surface area contributed by atoms with Crippen LogP contribution in [0.25, 0.3) is 22.8 Å². The van der Waals surface area contributed by atoms with Crippen LogP contribution in [0.5, 0.6) is 0 Å². The highest BCUT2D eigenvalue weighted by atomic mass is 16.5. The van der Waals surface area contributed by atoms with Crippen molar-refractivity contribution >= 4 is 11.6 Å². The number of carbonyl (C=O) groups is 1. The number of anilines is 1. The molecule has 0 spiro atoms. The Morgan fingerprint density at radius 2 is 2.00 bits per heavy atom. The van der Waals surface area contributed by atoms with Crippen LogP contribution >= 0.6 is 0 Å². The van der Waals surface area contributed by atoms with Crippen molar-refractivity contribution in [3.63, 3.8) is 0 Å². The number of hydrogen-bond donors (Lipinski definition) is 0. The third-order valence-corrected chi connectivity index (χ3v) is 5.37. The molecule has 4 heterocycles. The molecular formula is C21H19N3O3. The zero-order chi connectivity index (χ0) is 18.6. The number of nitrogens with zero attached hydrogens (tertiary/aromatic N) is 3. The summed E-state index contributed by atoms with van der Waals surface area (Å²) >= 11 is 0. The summed E-state index contributed by atoms with van der Waals surface area (Å²) < 4.78 is 11.3. The number of ether oxygens (including phenoxy) is 1. The Labute approximate surface area is 156 Å². The first-order valence-corrected chi connectivity index (χ1v) is 8.98. The maximum Gasteiger partial charge on any atom is 0.237 e. The second-order valence-corrected chi connectivity index (χ2v) is 7.49. The SMILES string of the molecule is CC1(C)C(=O)N(C2COC2)c2cc(-c3cnc(-c4cccnc4)o3)ccc21. The summed E-state index contributed by atoms with van der Waals surface area (Å²) in [6.45, 7) is 5.11. The van der Waals surface area contributed by atoms with Crippen molar-refractivity contribution in [2.75, 3.05) is 18.1 Å². The summed E-state index contributed by atoms with van der Waals surface area (Å²) in [7, 11) is 0. The van der Waals surface area contributed by atoms with E-state index in [2.05, 4.69) is 9.97 Å². The molecule has 2 aromatic heterocycles. The summed E-state index contributed by atoms with van der Waals surface area (Å²) in [6, 6.07) is 9.89. The average Bonchev–Trinajstić information content (AvgIpc) is 3.20. The first kappa shape index (κ1) is 16.2. The number of oxazole rings is 1. The normalized spacial score (nSPS) is 18.4. The van der Waals surface area contributed by atoms with Crippen LogP contribution in [0.2, 0.25) is 0 Å². The Kier molecular flexibility index (Phi) is 3.45. The number of rotatable bonds is 3. The fourth-order valence-electron chi connectivity index (χ4n) is 3.70. The van der Waals surface area contributed by atoms with E-state index in [-0.39, 0.29) is 11.9 Å². The van der Waals surface area contributed by atoms with Crippen LogP contribution in [0, 0.1) is 0 Å². The van der Waals surface area contributed by atoms with Crippen molar-refractivity contribution in [2.45, 2.75) is 25.3 Å². The van der Waals surface area contributed by atoms with Gasteiger partial charge in [-0.1, -0.05) is 12.1 Å². The third kappa shape index (κ3) is 2.40. The summed E-state index contributed by atoms with van der Waals surface area (Å²) in [5.41, 5.74) is 3.16. The number of carbonyl (C=O) groups excluding carboxylic acids is 1. The predicted molar refractivity (Wildman–Crippen MR) is 100 cm³/mol. The Bertz CT molecular complexity index is 1020. The van der Waals surface area contributed by atoms with E-state index >= 15 is 0 Å². The van der Waals surface area contributed by atoms with E-state index in [1.54, 1.807) is 18.6 Å². The van der Waals surface area contributed by atoms with Gasteiger partial charge in [-0.2, -0.15) is 0 Å². The lowest BCUT2D eigenvalue weighted by Gasteiger charge is -2.35. The molecule has 0 aliphatic carbocycles. The molecule has 1 fully saturated rings. The largest absolute Gasteiger partial charge is 0.436 e. The molecule has 0 bridgehead atoms. The molecule has 136 valence electrons. The highest BCUT2D eigenvalue weighted by Gasteiger charge is 2.48. The van der Waals surface area contributed by atoms with Crippen molar-refractivity contribution in [1.29, 1.82) is 0 Å². The lowest BCUT2D eigenvalue weighted by atomic mass is 9.86. The number of pyridine rings is 1. The van der Waals surface area contributed by atoms with E-state index in [1.807, 2.05) is 49.1 Å². The highest BCUT2D eigenvalue weighted by Crippen LogP contribution is 2.45. The molecule has 27 heavy (non-hydrogen) atoms. The smallest absolute Gasteiger partial charge is 0.237 e. The van der Waals surface area contributed by atoms with Gasteiger partial charge in [-0.25, -0.2) is 4.98 Å². The summed E-state index contributed by atoms with van der Waals surface area (Å²) in [4.78, 5) is 23.4. The topological polar surface area (TPSA) is 68.5 Å². The molecule has 6 nitrogen and oxygen atoms in total. The Hall–Kier alpha value is -2.99. The van der Waals surface area contributed by atoms with Crippen molar-refractivity contribution in [2.24, 2.45) is 0 Å². The Balaban J connectivity index is 1.56. The molecule has 1 amide bonds. The van der Waals surface area contributed by atoms with Crippen molar-refractivity contribution in [3.8, 4) is 22.8 Å². The second kappa shape index (κ2) is 5.76. The van der Waals surface area contributed by atoms with Crippen LogP contribution in [0.3, 0.4) is 0 Å². The van der Waals surface area contributed by atoms with E-state index in [1.165, 1.54) is 0 Å². The number of aromatic nitrogens is 2. The van der Waals surface area contributed by atoms with Crippen LogP contribution in [0.15, 0.2) is 53.3 Å². The number of fused-ring (bicyclic) bond motifs is 1. The molecule has 6 heteroatoms. The molecule has 3 aromatic rings. The van der Waals surface area contributed by atoms with Gasteiger partial charge in [-0.3, -0.25) is 9.78 Å². The molecule has 5 rings (SSSR count). The molecule has 0 unspecified atom stereocenters. The molecule has 0 saturated carbocycles. The van der Waals surface area contributed by atoms with Gasteiger partial charge in [0.25, 0.3) is 0 Å². The quantitative estimate of drug-likeness (QED) is 0.715. The van der Waals surface area contributed by atoms with Gasteiger partial charge in [0.2, 0.25) is 11.8 Å². The lowest BCUT2D eigenvalue weighted by Crippen LogP contribution is -2.52. The zero-order valence-corrected chi connectivity index (χ0v) is 15.2. The zero-order valence-electron chi connectivity index (χ0n) is 15.2. The fraction of sp³-hybridized carbons (Fsp3) is 0.286. The monoisotopic (exact) mass is 361 g/mol. The lowest BCUT2D eigenvalue weighted by molar-refractivity contribution is -0.124. The molecule has 0 radical (unpaired) electrons. The molecule has 1 aromatic carbocycles. The molecule has 0 N–H and O–H groups in total. The van der Waals surface area contributed by atoms with Crippen molar-refractivity contribution in [3.05, 3.63) is 54.5 Å². The number of benzene rings is 1. The van der Waals surface area contributed by atoms with E-state index in [0.717, 1.165) is 22.4 Å². The average molecular weight is 361 g/mol. The van der Waals surface area contributed by atoms with Gasteiger partial charge in [0.05, 0.1) is 36.4 Å². The van der Waals surface area contributed by atoms with E-state index in [4.69, 9.17) is 9.15 Å². The number of hydrogen-bond acceptors (Lipinski definition) is 5. The molecule has 2 aliphatic heterocycles. The van der Waals surface area contributed by atoms with Gasteiger partial charge < -0.3 is 14.1 Å². The third-order valence-electron chi connectivity index (χ3n) is 5.37. The summed E-state index contributed by atoms with van der Waals surface area (Å²) in [6.07, 6.45) is 5.14. The first-order chi connectivity index (χ1) is 13.1. The fourth-order valence-corrected chi connectivity index (χ4v) is 3.70. The molecule has 1 saturated heterocycles. The minimum atomic E-state index is -0.536. The van der Waals surface area contributed by atoms with Crippen molar-refractivity contribution < 1.29 is 13.9 Å². The maximum atomic E-state index is 13.0.